The Hall–Kier alpha value is -3.12. The third kappa shape index (κ3) is 4.98. The van der Waals surface area contributed by atoms with Crippen LogP contribution in [0.25, 0.3) is 0 Å². The molecule has 3 rings (SSSR count). The summed E-state index contributed by atoms with van der Waals surface area (Å²) in [6.07, 6.45) is 0. The summed E-state index contributed by atoms with van der Waals surface area (Å²) in [4.78, 5) is 27.3. The zero-order chi connectivity index (χ0) is 19.9. The standard InChI is InChI=1S/C22H25N3O3/c1-16(2)25-21(26)13-20(24-22(25)27)23-19(18-11-7-4-8-12-18)15-28-14-17-9-5-3-6-10-17/h3-13,16,19,23H,14-15H2,1-2H3,(H,24,27)/t19-/m0/s1. The van der Waals surface area contributed by atoms with Gasteiger partial charge in [-0.25, -0.2) is 4.79 Å². The molecule has 0 aliphatic rings. The molecule has 2 N–H and O–H groups in total. The quantitative estimate of drug-likeness (QED) is 0.628. The molecule has 3 aromatic rings. The fourth-order valence-corrected chi connectivity index (χ4v) is 3.03. The molecular weight excluding hydrogens is 354 g/mol. The van der Waals surface area contributed by atoms with E-state index in [0.29, 0.717) is 19.0 Å². The van der Waals surface area contributed by atoms with Gasteiger partial charge in [-0.3, -0.25) is 14.3 Å². The summed E-state index contributed by atoms with van der Waals surface area (Å²) in [5.74, 6) is 0.379. The molecule has 2 aromatic carbocycles. The summed E-state index contributed by atoms with van der Waals surface area (Å²) >= 11 is 0. The number of hydrogen-bond donors (Lipinski definition) is 2. The molecule has 0 saturated heterocycles. The highest BCUT2D eigenvalue weighted by Gasteiger charge is 2.14. The second-order valence-corrected chi connectivity index (χ2v) is 6.90. The number of aromatic nitrogens is 2. The predicted molar refractivity (Wildman–Crippen MR) is 111 cm³/mol. The number of benzene rings is 2. The van der Waals surface area contributed by atoms with Crippen molar-refractivity contribution in [3.05, 3.63) is 98.7 Å². The summed E-state index contributed by atoms with van der Waals surface area (Å²) < 4.78 is 7.08. The summed E-state index contributed by atoms with van der Waals surface area (Å²) in [6.45, 7) is 4.47. The molecule has 28 heavy (non-hydrogen) atoms. The highest BCUT2D eigenvalue weighted by molar-refractivity contribution is 5.37. The summed E-state index contributed by atoms with van der Waals surface area (Å²) in [7, 11) is 0. The van der Waals surface area contributed by atoms with E-state index < -0.39 is 5.69 Å². The number of ether oxygens (including phenoxy) is 1. The topological polar surface area (TPSA) is 76.1 Å². The molecule has 1 heterocycles. The van der Waals surface area contributed by atoms with E-state index in [2.05, 4.69) is 10.3 Å². The van der Waals surface area contributed by atoms with Crippen LogP contribution in [0.1, 0.15) is 37.1 Å². The maximum Gasteiger partial charge on any atom is 0.330 e. The third-order valence-corrected chi connectivity index (χ3v) is 4.41. The first-order valence-corrected chi connectivity index (χ1v) is 9.33. The fraction of sp³-hybridized carbons (Fsp3) is 0.273. The maximum absolute atomic E-state index is 12.3. The van der Waals surface area contributed by atoms with Crippen LogP contribution in [-0.4, -0.2) is 16.2 Å². The minimum absolute atomic E-state index is 0.204. The molecule has 0 fully saturated rings. The van der Waals surface area contributed by atoms with Crippen LogP contribution < -0.4 is 16.6 Å². The van der Waals surface area contributed by atoms with Crippen LogP contribution in [0.3, 0.4) is 0 Å². The van der Waals surface area contributed by atoms with Crippen molar-refractivity contribution in [1.29, 1.82) is 0 Å². The Kier molecular flexibility index (Phi) is 6.45. The van der Waals surface area contributed by atoms with Gasteiger partial charge in [0.1, 0.15) is 5.82 Å². The van der Waals surface area contributed by atoms with Gasteiger partial charge in [-0.1, -0.05) is 60.7 Å². The van der Waals surface area contributed by atoms with Gasteiger partial charge in [0.25, 0.3) is 5.56 Å². The van der Waals surface area contributed by atoms with Crippen LogP contribution >= 0.6 is 0 Å². The fourth-order valence-electron chi connectivity index (χ4n) is 3.03. The van der Waals surface area contributed by atoms with Gasteiger partial charge in [0, 0.05) is 12.1 Å². The molecule has 6 heteroatoms. The minimum atomic E-state index is -0.429. The molecule has 0 spiro atoms. The molecular formula is C22H25N3O3. The van der Waals surface area contributed by atoms with E-state index in [1.54, 1.807) is 13.8 Å². The highest BCUT2D eigenvalue weighted by Crippen LogP contribution is 2.18. The molecule has 0 unspecified atom stereocenters. The van der Waals surface area contributed by atoms with Crippen molar-refractivity contribution in [2.75, 3.05) is 11.9 Å². The lowest BCUT2D eigenvalue weighted by Gasteiger charge is -2.21. The first-order valence-electron chi connectivity index (χ1n) is 9.33. The van der Waals surface area contributed by atoms with Crippen molar-refractivity contribution in [3.63, 3.8) is 0 Å². The monoisotopic (exact) mass is 379 g/mol. The molecule has 0 amide bonds. The highest BCUT2D eigenvalue weighted by atomic mass is 16.5. The molecule has 0 aliphatic carbocycles. The van der Waals surface area contributed by atoms with E-state index in [0.717, 1.165) is 11.1 Å². The third-order valence-electron chi connectivity index (χ3n) is 4.41. The SMILES string of the molecule is CC(C)n1c(=O)cc(N[C@@H](COCc2ccccc2)c2ccccc2)[nH]c1=O. The van der Waals surface area contributed by atoms with Crippen molar-refractivity contribution in [1.82, 2.24) is 9.55 Å². The van der Waals surface area contributed by atoms with Gasteiger partial charge in [-0.2, -0.15) is 0 Å². The Balaban J connectivity index is 1.78. The Morgan fingerprint density at radius 2 is 1.64 bits per heavy atom. The van der Waals surface area contributed by atoms with Crippen LogP contribution in [0.2, 0.25) is 0 Å². The molecule has 0 saturated carbocycles. The zero-order valence-corrected chi connectivity index (χ0v) is 16.1. The normalized spacial score (nSPS) is 12.1. The largest absolute Gasteiger partial charge is 0.374 e. The van der Waals surface area contributed by atoms with Gasteiger partial charge >= 0.3 is 5.69 Å². The molecule has 0 radical (unpaired) electrons. The number of hydrogen-bond acceptors (Lipinski definition) is 4. The number of nitrogens with one attached hydrogen (secondary N) is 2. The van der Waals surface area contributed by atoms with Crippen molar-refractivity contribution in [3.8, 4) is 0 Å². The molecule has 146 valence electrons. The Morgan fingerprint density at radius 3 is 2.25 bits per heavy atom. The van der Waals surface area contributed by atoms with Crippen LogP contribution in [0.15, 0.2) is 76.3 Å². The lowest BCUT2D eigenvalue weighted by Crippen LogP contribution is -2.36. The second kappa shape index (κ2) is 9.19. The average Bonchev–Trinajstić information content (AvgIpc) is 2.68. The maximum atomic E-state index is 12.3. The Bertz CT molecular complexity index is 964. The number of rotatable bonds is 8. The zero-order valence-electron chi connectivity index (χ0n) is 16.1. The number of anilines is 1. The smallest absolute Gasteiger partial charge is 0.330 e. The second-order valence-electron chi connectivity index (χ2n) is 6.90. The average molecular weight is 379 g/mol. The molecule has 0 bridgehead atoms. The van der Waals surface area contributed by atoms with Gasteiger partial charge in [-0.15, -0.1) is 0 Å². The van der Waals surface area contributed by atoms with E-state index in [9.17, 15) is 9.59 Å². The Morgan fingerprint density at radius 1 is 1.00 bits per heavy atom. The lowest BCUT2D eigenvalue weighted by atomic mass is 10.1. The van der Waals surface area contributed by atoms with Crippen LogP contribution in [0, 0.1) is 0 Å². The van der Waals surface area contributed by atoms with Gasteiger partial charge in [0.05, 0.1) is 19.3 Å². The van der Waals surface area contributed by atoms with Crippen LogP contribution in [0.4, 0.5) is 5.82 Å². The molecule has 1 atom stereocenters. The van der Waals surface area contributed by atoms with Gasteiger partial charge < -0.3 is 10.1 Å². The van der Waals surface area contributed by atoms with Crippen LogP contribution in [0.5, 0.6) is 0 Å². The van der Waals surface area contributed by atoms with E-state index in [-0.39, 0.29) is 17.6 Å². The Labute approximate surface area is 163 Å². The number of H-pyrrole nitrogens is 1. The van der Waals surface area contributed by atoms with Gasteiger partial charge in [-0.05, 0) is 25.0 Å². The summed E-state index contributed by atoms with van der Waals surface area (Å²) in [5, 5.41) is 3.24. The summed E-state index contributed by atoms with van der Waals surface area (Å²) in [6, 6.07) is 20.7. The van der Waals surface area contributed by atoms with Gasteiger partial charge in [0.2, 0.25) is 0 Å². The molecule has 0 aliphatic heterocycles. The molecule has 1 aromatic heterocycles. The molecule has 6 nitrogen and oxygen atoms in total. The van der Waals surface area contributed by atoms with Crippen molar-refractivity contribution in [2.24, 2.45) is 0 Å². The van der Waals surface area contributed by atoms with E-state index in [1.165, 1.54) is 10.6 Å². The van der Waals surface area contributed by atoms with Gasteiger partial charge in [0.15, 0.2) is 0 Å². The number of nitrogens with zero attached hydrogens (tertiary/aromatic N) is 1. The van der Waals surface area contributed by atoms with Crippen molar-refractivity contribution in [2.45, 2.75) is 32.5 Å². The van der Waals surface area contributed by atoms with Crippen molar-refractivity contribution >= 4 is 5.82 Å². The number of aromatic amines is 1. The van der Waals surface area contributed by atoms with E-state index in [1.807, 2.05) is 60.7 Å². The van der Waals surface area contributed by atoms with E-state index in [4.69, 9.17) is 4.74 Å². The van der Waals surface area contributed by atoms with Crippen molar-refractivity contribution < 1.29 is 4.74 Å². The van der Waals surface area contributed by atoms with E-state index >= 15 is 0 Å². The first-order chi connectivity index (χ1) is 13.5. The summed E-state index contributed by atoms with van der Waals surface area (Å²) in [5.41, 5.74) is 1.33. The minimum Gasteiger partial charge on any atom is -0.374 e. The van der Waals surface area contributed by atoms with Crippen LogP contribution in [-0.2, 0) is 11.3 Å². The lowest BCUT2D eigenvalue weighted by molar-refractivity contribution is 0.112. The first kappa shape index (κ1) is 19.6. The predicted octanol–water partition coefficient (Wildman–Crippen LogP) is 3.49.